The molecule has 0 bridgehead atoms. The topological polar surface area (TPSA) is 60.1 Å². The maximum Gasteiger partial charge on any atom is 0.198 e. The van der Waals surface area contributed by atoms with E-state index < -0.39 is 9.84 Å². The van der Waals surface area contributed by atoms with Crippen molar-refractivity contribution in [2.45, 2.75) is 63.7 Å². The Labute approximate surface area is 183 Å². The minimum Gasteiger partial charge on any atom is -0.307 e. The van der Waals surface area contributed by atoms with Crippen LogP contribution in [0.2, 0.25) is 0 Å². The Balaban J connectivity index is 1.39. The van der Waals surface area contributed by atoms with Gasteiger partial charge in [0.25, 0.3) is 0 Å². The molecule has 162 valence electrons. The van der Waals surface area contributed by atoms with Gasteiger partial charge in [-0.25, -0.2) is 13.1 Å². The lowest BCUT2D eigenvalue weighted by molar-refractivity contribution is 0.118. The van der Waals surface area contributed by atoms with Gasteiger partial charge in [-0.2, -0.15) is 5.10 Å². The molecule has 6 nitrogen and oxygen atoms in total. The summed E-state index contributed by atoms with van der Waals surface area (Å²) in [6.07, 6.45) is 7.47. The number of hydrogen-bond acceptors (Lipinski definition) is 5. The van der Waals surface area contributed by atoms with E-state index in [1.807, 2.05) is 16.3 Å². The van der Waals surface area contributed by atoms with Crippen LogP contribution in [0.5, 0.6) is 0 Å². The molecule has 3 aliphatic rings. The van der Waals surface area contributed by atoms with Crippen molar-refractivity contribution in [3.63, 3.8) is 0 Å². The first-order valence-corrected chi connectivity index (χ1v) is 13.3. The summed E-state index contributed by atoms with van der Waals surface area (Å²) in [5.41, 5.74) is 2.95. The smallest absolute Gasteiger partial charge is 0.198 e. The second-order valence-electron chi connectivity index (χ2n) is 9.22. The van der Waals surface area contributed by atoms with Gasteiger partial charge in [0.1, 0.15) is 5.82 Å². The Morgan fingerprint density at radius 1 is 1.20 bits per heavy atom. The lowest BCUT2D eigenvalue weighted by atomic mass is 9.87. The zero-order chi connectivity index (χ0) is 20.9. The highest BCUT2D eigenvalue weighted by Crippen LogP contribution is 2.41. The van der Waals surface area contributed by atoms with E-state index in [0.717, 1.165) is 17.0 Å². The Bertz CT molecular complexity index is 1100. The number of sulfone groups is 1. The molecule has 1 aromatic heterocycles. The zero-order valence-electron chi connectivity index (χ0n) is 17.5. The van der Waals surface area contributed by atoms with Crippen LogP contribution >= 0.6 is 12.2 Å². The molecule has 1 saturated heterocycles. The third-order valence-electron chi connectivity index (χ3n) is 6.98. The Morgan fingerprint density at radius 3 is 2.73 bits per heavy atom. The first kappa shape index (κ1) is 20.4. The van der Waals surface area contributed by atoms with Gasteiger partial charge in [0.05, 0.1) is 18.2 Å². The first-order valence-electron chi connectivity index (χ1n) is 11.1. The van der Waals surface area contributed by atoms with E-state index in [4.69, 9.17) is 17.3 Å². The molecule has 5 rings (SSSR count). The van der Waals surface area contributed by atoms with Gasteiger partial charge >= 0.3 is 0 Å². The minimum absolute atomic E-state index is 0.156. The molecule has 2 atom stereocenters. The molecule has 0 N–H and O–H groups in total. The van der Waals surface area contributed by atoms with E-state index in [2.05, 4.69) is 29.2 Å². The van der Waals surface area contributed by atoms with Crippen LogP contribution in [-0.2, 0) is 36.4 Å². The molecule has 1 aromatic carbocycles. The molecule has 1 saturated carbocycles. The molecule has 0 spiro atoms. The predicted octanol–water partition coefficient (Wildman–Crippen LogP) is 3.43. The summed E-state index contributed by atoms with van der Waals surface area (Å²) in [5.74, 6) is 1.64. The highest BCUT2D eigenvalue weighted by atomic mass is 32.2. The fraction of sp³-hybridized carbons (Fsp3) is 0.636. The van der Waals surface area contributed by atoms with Gasteiger partial charge in [-0.15, -0.1) is 0 Å². The van der Waals surface area contributed by atoms with Crippen LogP contribution in [0.15, 0.2) is 24.3 Å². The SMILES string of the molecule is Cn1c(C[C@H]2CCS(=O)(=O)C2)nn(CN(C2CC2)[C@@H]2CCCc3ccccc32)c1=S. The summed E-state index contributed by atoms with van der Waals surface area (Å²) in [5, 5.41) is 4.86. The van der Waals surface area contributed by atoms with Crippen molar-refractivity contribution in [2.24, 2.45) is 13.0 Å². The molecular weight excluding hydrogens is 416 g/mol. The van der Waals surface area contributed by atoms with Crippen LogP contribution < -0.4 is 0 Å². The summed E-state index contributed by atoms with van der Waals surface area (Å²) in [6.45, 7) is 0.708. The first-order chi connectivity index (χ1) is 14.4. The number of fused-ring (bicyclic) bond motifs is 1. The summed E-state index contributed by atoms with van der Waals surface area (Å²) < 4.78 is 28.3. The number of aryl methyl sites for hydroxylation is 1. The molecule has 2 aromatic rings. The van der Waals surface area contributed by atoms with E-state index >= 15 is 0 Å². The fourth-order valence-electron chi connectivity index (χ4n) is 5.20. The van der Waals surface area contributed by atoms with Crippen molar-refractivity contribution in [2.75, 3.05) is 11.5 Å². The van der Waals surface area contributed by atoms with Gasteiger partial charge in [-0.1, -0.05) is 24.3 Å². The van der Waals surface area contributed by atoms with Crippen LogP contribution in [0, 0.1) is 10.7 Å². The van der Waals surface area contributed by atoms with Gasteiger partial charge in [0.2, 0.25) is 0 Å². The van der Waals surface area contributed by atoms with Crippen LogP contribution in [0.1, 0.15) is 55.1 Å². The van der Waals surface area contributed by atoms with E-state index in [-0.39, 0.29) is 11.7 Å². The Kier molecular flexibility index (Phi) is 5.35. The van der Waals surface area contributed by atoms with Crippen molar-refractivity contribution in [3.05, 3.63) is 46.0 Å². The van der Waals surface area contributed by atoms with Crippen LogP contribution in [0.3, 0.4) is 0 Å². The molecule has 2 fully saturated rings. The van der Waals surface area contributed by atoms with Crippen molar-refractivity contribution >= 4 is 22.1 Å². The molecule has 0 unspecified atom stereocenters. The summed E-state index contributed by atoms with van der Waals surface area (Å²) in [7, 11) is -0.914. The van der Waals surface area contributed by atoms with E-state index in [1.165, 1.54) is 43.2 Å². The normalized spacial score (nSPS) is 25.5. The van der Waals surface area contributed by atoms with Gasteiger partial charge < -0.3 is 4.57 Å². The van der Waals surface area contributed by atoms with Gasteiger partial charge in [-0.05, 0) is 67.8 Å². The summed E-state index contributed by atoms with van der Waals surface area (Å²) in [4.78, 5) is 2.60. The van der Waals surface area contributed by atoms with Crippen LogP contribution in [0.4, 0.5) is 0 Å². The maximum atomic E-state index is 11.8. The molecule has 1 aliphatic heterocycles. The zero-order valence-corrected chi connectivity index (χ0v) is 19.2. The summed E-state index contributed by atoms with van der Waals surface area (Å²) >= 11 is 5.72. The molecule has 2 heterocycles. The van der Waals surface area contributed by atoms with Gasteiger partial charge in [-0.3, -0.25) is 4.90 Å². The highest BCUT2D eigenvalue weighted by molar-refractivity contribution is 7.91. The lowest BCUT2D eigenvalue weighted by Gasteiger charge is -2.36. The van der Waals surface area contributed by atoms with E-state index in [0.29, 0.717) is 30.9 Å². The molecule has 8 heteroatoms. The van der Waals surface area contributed by atoms with Crippen molar-refractivity contribution in [1.82, 2.24) is 19.2 Å². The highest BCUT2D eigenvalue weighted by Gasteiger charge is 2.37. The fourth-order valence-corrected chi connectivity index (χ4v) is 7.26. The van der Waals surface area contributed by atoms with Crippen molar-refractivity contribution in [1.29, 1.82) is 0 Å². The third kappa shape index (κ3) is 4.01. The largest absolute Gasteiger partial charge is 0.307 e. The minimum atomic E-state index is -2.87. The average molecular weight is 447 g/mol. The van der Waals surface area contributed by atoms with Crippen molar-refractivity contribution in [3.8, 4) is 0 Å². The predicted molar refractivity (Wildman–Crippen MR) is 119 cm³/mol. The van der Waals surface area contributed by atoms with Crippen LogP contribution in [-0.4, -0.2) is 45.2 Å². The third-order valence-corrected chi connectivity index (χ3v) is 9.30. The van der Waals surface area contributed by atoms with Gasteiger partial charge in [0.15, 0.2) is 14.6 Å². The molecule has 0 amide bonds. The number of nitrogens with zero attached hydrogens (tertiary/aromatic N) is 4. The number of hydrogen-bond donors (Lipinski definition) is 0. The number of rotatable bonds is 6. The second kappa shape index (κ2) is 7.88. The quantitative estimate of drug-likeness (QED) is 0.637. The molecule has 30 heavy (non-hydrogen) atoms. The monoisotopic (exact) mass is 446 g/mol. The maximum absolute atomic E-state index is 11.8. The Hall–Kier alpha value is -1.51. The van der Waals surface area contributed by atoms with E-state index in [1.54, 1.807) is 0 Å². The lowest BCUT2D eigenvalue weighted by Crippen LogP contribution is -2.35. The standard InChI is InChI=1S/C22H30N4O2S2/c1-24-21(13-16-11-12-30(27,28)14-16)23-26(22(24)29)15-25(18-9-10-18)20-8-4-6-17-5-2-3-7-19(17)20/h2-3,5,7,16,18,20H,4,6,8-15H2,1H3/t16-,20-/m1/s1. The molecule has 0 radical (unpaired) electrons. The average Bonchev–Trinajstić information content (AvgIpc) is 3.47. The summed E-state index contributed by atoms with van der Waals surface area (Å²) in [6, 6.07) is 9.89. The van der Waals surface area contributed by atoms with Gasteiger partial charge in [0, 0.05) is 25.6 Å². The molecular formula is C22H30N4O2S2. The Morgan fingerprint density at radius 2 is 2.00 bits per heavy atom. The number of benzene rings is 1. The van der Waals surface area contributed by atoms with Crippen molar-refractivity contribution < 1.29 is 8.42 Å². The second-order valence-corrected chi connectivity index (χ2v) is 11.8. The van der Waals surface area contributed by atoms with Crippen LogP contribution in [0.25, 0.3) is 0 Å². The molecule has 2 aliphatic carbocycles. The number of aromatic nitrogens is 3. The van der Waals surface area contributed by atoms with E-state index in [9.17, 15) is 8.42 Å².